The molecule has 2 heterocycles. The van der Waals surface area contributed by atoms with Crippen LogP contribution in [0.4, 0.5) is 13.2 Å². The molecule has 0 saturated carbocycles. The monoisotopic (exact) mass is 577 g/mol. The third-order valence-corrected chi connectivity index (χ3v) is 5.39. The second-order valence-corrected chi connectivity index (χ2v) is 7.67. The molecule has 1 aliphatic heterocycles. The summed E-state index contributed by atoms with van der Waals surface area (Å²) in [5.41, 5.74) is 1.84. The van der Waals surface area contributed by atoms with E-state index in [0.717, 1.165) is 17.0 Å². The highest BCUT2D eigenvalue weighted by Crippen LogP contribution is 2.25. The van der Waals surface area contributed by atoms with Crippen LogP contribution < -0.4 is 10.1 Å². The Balaban J connectivity index is 0.00000385. The molecule has 182 valence electrons. The molecule has 1 atom stereocenters. The Morgan fingerprint density at radius 1 is 1.15 bits per heavy atom. The van der Waals surface area contributed by atoms with Gasteiger partial charge in [0.25, 0.3) is 0 Å². The van der Waals surface area contributed by atoms with Crippen molar-refractivity contribution < 1.29 is 17.9 Å². The van der Waals surface area contributed by atoms with Crippen LogP contribution >= 0.6 is 24.0 Å². The van der Waals surface area contributed by atoms with Gasteiger partial charge in [-0.25, -0.2) is 4.99 Å². The minimum Gasteiger partial charge on any atom is -0.487 e. The van der Waals surface area contributed by atoms with Gasteiger partial charge in [-0.05, 0) is 43.7 Å². The lowest BCUT2D eigenvalue weighted by Crippen LogP contribution is -2.56. The molecule has 1 fully saturated rings. The maximum atomic E-state index is 13.0. The number of alkyl halides is 3. The number of pyridine rings is 1. The predicted molar refractivity (Wildman–Crippen MR) is 134 cm³/mol. The summed E-state index contributed by atoms with van der Waals surface area (Å²) >= 11 is 0. The number of hydrogen-bond acceptors (Lipinski definition) is 4. The van der Waals surface area contributed by atoms with E-state index in [1.54, 1.807) is 6.20 Å². The van der Waals surface area contributed by atoms with E-state index in [2.05, 4.69) is 10.3 Å². The molecular formula is C23H31F3IN5O. The molecule has 1 aromatic carbocycles. The van der Waals surface area contributed by atoms with Gasteiger partial charge in [0.05, 0.1) is 12.2 Å². The second-order valence-electron chi connectivity index (χ2n) is 7.67. The van der Waals surface area contributed by atoms with E-state index in [0.29, 0.717) is 51.8 Å². The first kappa shape index (κ1) is 27.2. The average molecular weight is 577 g/mol. The molecule has 0 spiro atoms. The smallest absolute Gasteiger partial charge is 0.403 e. The molecule has 10 heteroatoms. The molecule has 0 aliphatic carbocycles. The SMILES string of the molecule is CCNC(=NCc1cccc(OCc2ccccn2)c1)N1CCN(C(C)C(F)(F)F)CC1.I. The normalized spacial score (nSPS) is 16.2. The summed E-state index contributed by atoms with van der Waals surface area (Å²) in [6, 6.07) is 12.0. The zero-order valence-corrected chi connectivity index (χ0v) is 21.2. The van der Waals surface area contributed by atoms with Gasteiger partial charge in [0, 0.05) is 38.9 Å². The zero-order valence-electron chi connectivity index (χ0n) is 18.9. The number of piperazine rings is 1. The van der Waals surface area contributed by atoms with Crippen LogP contribution in [0.25, 0.3) is 0 Å². The average Bonchev–Trinajstić information content (AvgIpc) is 2.80. The van der Waals surface area contributed by atoms with Gasteiger partial charge < -0.3 is 15.0 Å². The Kier molecular flexibility index (Phi) is 10.7. The van der Waals surface area contributed by atoms with E-state index < -0.39 is 12.2 Å². The Hall–Kier alpha value is -2.08. The van der Waals surface area contributed by atoms with Crippen molar-refractivity contribution in [2.24, 2.45) is 4.99 Å². The van der Waals surface area contributed by atoms with Gasteiger partial charge in [0.2, 0.25) is 0 Å². The van der Waals surface area contributed by atoms with Crippen molar-refractivity contribution in [3.8, 4) is 5.75 Å². The summed E-state index contributed by atoms with van der Waals surface area (Å²) in [6.07, 6.45) is -2.47. The van der Waals surface area contributed by atoms with E-state index in [-0.39, 0.29) is 24.0 Å². The fourth-order valence-electron chi connectivity index (χ4n) is 3.49. The van der Waals surface area contributed by atoms with E-state index in [1.807, 2.05) is 54.3 Å². The number of guanidine groups is 1. The third-order valence-electron chi connectivity index (χ3n) is 5.39. The summed E-state index contributed by atoms with van der Waals surface area (Å²) in [7, 11) is 0. The van der Waals surface area contributed by atoms with Crippen LogP contribution in [0.5, 0.6) is 5.75 Å². The number of aliphatic imine (C=N–C) groups is 1. The van der Waals surface area contributed by atoms with E-state index in [9.17, 15) is 13.2 Å². The minimum atomic E-state index is -4.20. The first-order valence-corrected chi connectivity index (χ1v) is 10.8. The summed E-state index contributed by atoms with van der Waals surface area (Å²) < 4.78 is 44.8. The molecule has 0 radical (unpaired) electrons. The molecule has 1 aromatic heterocycles. The number of benzene rings is 1. The van der Waals surface area contributed by atoms with Gasteiger partial charge in [-0.1, -0.05) is 18.2 Å². The van der Waals surface area contributed by atoms with Crippen LogP contribution in [0.3, 0.4) is 0 Å². The lowest BCUT2D eigenvalue weighted by atomic mass is 10.2. The van der Waals surface area contributed by atoms with Crippen molar-refractivity contribution in [3.05, 3.63) is 59.9 Å². The minimum absolute atomic E-state index is 0. The van der Waals surface area contributed by atoms with Gasteiger partial charge >= 0.3 is 6.18 Å². The van der Waals surface area contributed by atoms with E-state index >= 15 is 0 Å². The van der Waals surface area contributed by atoms with Crippen molar-refractivity contribution in [2.75, 3.05) is 32.7 Å². The lowest BCUT2D eigenvalue weighted by Gasteiger charge is -2.39. The van der Waals surface area contributed by atoms with Gasteiger partial charge in [0.1, 0.15) is 18.4 Å². The quantitative estimate of drug-likeness (QED) is 0.302. The van der Waals surface area contributed by atoms with Crippen molar-refractivity contribution in [2.45, 2.75) is 39.2 Å². The van der Waals surface area contributed by atoms with Crippen molar-refractivity contribution in [1.82, 2.24) is 20.1 Å². The van der Waals surface area contributed by atoms with Crippen LogP contribution in [0.1, 0.15) is 25.1 Å². The molecule has 0 bridgehead atoms. The summed E-state index contributed by atoms with van der Waals surface area (Å²) in [6.45, 7) is 6.41. The molecule has 1 N–H and O–H groups in total. The number of ether oxygens (including phenoxy) is 1. The highest BCUT2D eigenvalue weighted by atomic mass is 127. The first-order chi connectivity index (χ1) is 15.4. The van der Waals surface area contributed by atoms with Gasteiger partial charge in [-0.2, -0.15) is 13.2 Å². The molecule has 1 aliphatic rings. The van der Waals surface area contributed by atoms with Crippen LogP contribution in [0.15, 0.2) is 53.7 Å². The van der Waals surface area contributed by atoms with Crippen molar-refractivity contribution >= 4 is 29.9 Å². The fraction of sp³-hybridized carbons (Fsp3) is 0.478. The molecule has 0 amide bonds. The Labute approximate surface area is 210 Å². The van der Waals surface area contributed by atoms with E-state index in [1.165, 1.54) is 11.8 Å². The van der Waals surface area contributed by atoms with Crippen molar-refractivity contribution in [1.29, 1.82) is 0 Å². The van der Waals surface area contributed by atoms with Crippen LogP contribution in [0.2, 0.25) is 0 Å². The number of aromatic nitrogens is 1. The molecule has 1 unspecified atom stereocenters. The number of hydrogen-bond donors (Lipinski definition) is 1. The van der Waals surface area contributed by atoms with Crippen LogP contribution in [-0.2, 0) is 13.2 Å². The fourth-order valence-corrected chi connectivity index (χ4v) is 3.49. The number of rotatable bonds is 7. The predicted octanol–water partition coefficient (Wildman–Crippen LogP) is 4.31. The number of halogens is 4. The van der Waals surface area contributed by atoms with Crippen LogP contribution in [0, 0.1) is 0 Å². The van der Waals surface area contributed by atoms with Crippen molar-refractivity contribution in [3.63, 3.8) is 0 Å². The molecule has 33 heavy (non-hydrogen) atoms. The summed E-state index contributed by atoms with van der Waals surface area (Å²) in [4.78, 5) is 12.5. The van der Waals surface area contributed by atoms with Crippen LogP contribution in [-0.4, -0.2) is 65.7 Å². The highest BCUT2D eigenvalue weighted by Gasteiger charge is 2.41. The van der Waals surface area contributed by atoms with Gasteiger partial charge in [-0.3, -0.25) is 9.88 Å². The molecule has 1 saturated heterocycles. The lowest BCUT2D eigenvalue weighted by molar-refractivity contribution is -0.181. The molecule has 6 nitrogen and oxygen atoms in total. The summed E-state index contributed by atoms with van der Waals surface area (Å²) in [5.74, 6) is 1.45. The molecular weight excluding hydrogens is 546 g/mol. The highest BCUT2D eigenvalue weighted by molar-refractivity contribution is 14.0. The summed E-state index contributed by atoms with van der Waals surface area (Å²) in [5, 5.41) is 3.25. The first-order valence-electron chi connectivity index (χ1n) is 10.8. The van der Waals surface area contributed by atoms with Gasteiger partial charge in [0.15, 0.2) is 5.96 Å². The Bertz CT molecular complexity index is 874. The third kappa shape index (κ3) is 8.33. The standard InChI is InChI=1S/C23H30F3N5O.HI/c1-3-27-22(31-13-11-30(12-14-31)18(2)23(24,25)26)29-16-19-7-6-9-21(15-19)32-17-20-8-4-5-10-28-20;/h4-10,15,18H,3,11-14,16-17H2,1-2H3,(H,27,29);1H. The zero-order chi connectivity index (χ0) is 23.0. The topological polar surface area (TPSA) is 53.0 Å². The largest absolute Gasteiger partial charge is 0.487 e. The maximum absolute atomic E-state index is 13.0. The van der Waals surface area contributed by atoms with E-state index in [4.69, 9.17) is 9.73 Å². The molecule has 2 aromatic rings. The second kappa shape index (κ2) is 13.0. The Morgan fingerprint density at radius 2 is 1.91 bits per heavy atom. The molecule has 3 rings (SSSR count). The number of nitrogens with one attached hydrogen (secondary N) is 1. The Morgan fingerprint density at radius 3 is 2.55 bits per heavy atom. The van der Waals surface area contributed by atoms with Gasteiger partial charge in [-0.15, -0.1) is 24.0 Å². The maximum Gasteiger partial charge on any atom is 0.403 e. The number of nitrogens with zero attached hydrogens (tertiary/aromatic N) is 4.